The third kappa shape index (κ3) is 4.48. The van der Waals surface area contributed by atoms with E-state index in [4.69, 9.17) is 11.6 Å². The van der Waals surface area contributed by atoms with Crippen molar-refractivity contribution >= 4 is 36.4 Å². The Morgan fingerprint density at radius 1 is 1.14 bits per heavy atom. The van der Waals surface area contributed by atoms with E-state index in [0.717, 1.165) is 31.7 Å². The van der Waals surface area contributed by atoms with E-state index in [9.17, 15) is 4.39 Å². The van der Waals surface area contributed by atoms with Gasteiger partial charge in [-0.3, -0.25) is 4.90 Å². The topological polar surface area (TPSA) is 15.3 Å². The highest BCUT2D eigenvalue weighted by atomic mass is 35.5. The van der Waals surface area contributed by atoms with Crippen molar-refractivity contribution in [2.75, 3.05) is 26.2 Å². The van der Waals surface area contributed by atoms with Crippen LogP contribution in [0.4, 0.5) is 4.39 Å². The summed E-state index contributed by atoms with van der Waals surface area (Å²) in [6.45, 7) is 4.15. The molecule has 3 rings (SSSR count). The van der Waals surface area contributed by atoms with Gasteiger partial charge in [0.25, 0.3) is 0 Å². The van der Waals surface area contributed by atoms with Gasteiger partial charge in [-0.15, -0.1) is 24.8 Å². The van der Waals surface area contributed by atoms with Crippen LogP contribution in [0, 0.1) is 11.7 Å². The second kappa shape index (κ2) is 9.29. The highest BCUT2D eigenvalue weighted by Gasteiger charge is 2.32. The van der Waals surface area contributed by atoms with Crippen LogP contribution in [-0.2, 0) is 0 Å². The Morgan fingerprint density at radius 2 is 1.77 bits per heavy atom. The van der Waals surface area contributed by atoms with Gasteiger partial charge in [0.15, 0.2) is 0 Å². The van der Waals surface area contributed by atoms with E-state index in [0.29, 0.717) is 12.0 Å². The summed E-state index contributed by atoms with van der Waals surface area (Å²) in [5, 5.41) is 3.62. The minimum Gasteiger partial charge on any atom is -0.314 e. The Balaban J connectivity index is 0.00000121. The number of nitrogens with zero attached hydrogens (tertiary/aromatic N) is 1. The Hall–Kier alpha value is -0.0600. The van der Waals surface area contributed by atoms with E-state index in [1.54, 1.807) is 12.1 Å². The van der Waals surface area contributed by atoms with Crippen LogP contribution in [0.3, 0.4) is 0 Å². The third-order valence-corrected chi connectivity index (χ3v) is 4.98. The molecule has 2 aliphatic rings. The number of nitrogens with one attached hydrogen (secondary N) is 1. The molecule has 126 valence electrons. The van der Waals surface area contributed by atoms with E-state index in [1.807, 2.05) is 6.07 Å². The van der Waals surface area contributed by atoms with Crippen molar-refractivity contribution in [1.82, 2.24) is 10.2 Å². The van der Waals surface area contributed by atoms with Gasteiger partial charge in [0.2, 0.25) is 0 Å². The van der Waals surface area contributed by atoms with E-state index in [2.05, 4.69) is 10.2 Å². The molecule has 1 atom stereocenters. The molecule has 1 N–H and O–H groups in total. The summed E-state index contributed by atoms with van der Waals surface area (Å²) in [4.78, 5) is 2.52. The lowest BCUT2D eigenvalue weighted by atomic mass is 9.89. The molecule has 1 saturated carbocycles. The Kier molecular flexibility index (Phi) is 8.44. The van der Waals surface area contributed by atoms with Gasteiger partial charge >= 0.3 is 0 Å². The van der Waals surface area contributed by atoms with Gasteiger partial charge in [0, 0.05) is 32.2 Å². The molecule has 1 aliphatic heterocycles. The molecule has 1 aromatic rings. The van der Waals surface area contributed by atoms with Crippen LogP contribution in [0.25, 0.3) is 0 Å². The molecule has 2 fully saturated rings. The molecule has 0 bridgehead atoms. The summed E-state index contributed by atoms with van der Waals surface area (Å²) in [5.41, 5.74) is 1.10. The summed E-state index contributed by atoms with van der Waals surface area (Å²) < 4.78 is 13.8. The molecular weight excluding hydrogens is 346 g/mol. The fraction of sp³-hybridized carbons (Fsp3) is 0.625. The predicted octanol–water partition coefficient (Wildman–Crippen LogP) is 4.46. The van der Waals surface area contributed by atoms with Crippen molar-refractivity contribution in [2.45, 2.75) is 31.7 Å². The summed E-state index contributed by atoms with van der Waals surface area (Å²) in [5.74, 6) is 0.371. The van der Waals surface area contributed by atoms with Crippen LogP contribution in [0.5, 0.6) is 0 Å². The average molecular weight is 370 g/mol. The van der Waals surface area contributed by atoms with Crippen LogP contribution >= 0.6 is 36.4 Å². The third-order valence-electron chi connectivity index (χ3n) is 4.68. The van der Waals surface area contributed by atoms with Crippen LogP contribution in [-0.4, -0.2) is 31.1 Å². The highest BCUT2D eigenvalue weighted by molar-refractivity contribution is 6.30. The van der Waals surface area contributed by atoms with Crippen LogP contribution < -0.4 is 5.32 Å². The molecular formula is C16H24Cl3FN2. The van der Waals surface area contributed by atoms with Crippen molar-refractivity contribution < 1.29 is 4.39 Å². The number of rotatable bonds is 3. The lowest BCUT2D eigenvalue weighted by Crippen LogP contribution is -2.46. The first-order valence-corrected chi connectivity index (χ1v) is 8.03. The average Bonchev–Trinajstić information content (AvgIpc) is 2.98. The van der Waals surface area contributed by atoms with Gasteiger partial charge in [-0.05, 0) is 36.5 Å². The summed E-state index contributed by atoms with van der Waals surface area (Å²) in [7, 11) is 0. The first-order chi connectivity index (χ1) is 9.75. The van der Waals surface area contributed by atoms with Crippen LogP contribution in [0.1, 0.15) is 37.3 Å². The number of hydrogen-bond donors (Lipinski definition) is 1. The van der Waals surface area contributed by atoms with Crippen molar-refractivity contribution in [3.8, 4) is 0 Å². The smallest absolute Gasteiger partial charge is 0.142 e. The van der Waals surface area contributed by atoms with E-state index in [1.165, 1.54) is 25.7 Å². The van der Waals surface area contributed by atoms with Gasteiger partial charge < -0.3 is 5.32 Å². The zero-order valence-corrected chi connectivity index (χ0v) is 15.0. The Morgan fingerprint density at radius 3 is 2.36 bits per heavy atom. The molecule has 0 aromatic heterocycles. The van der Waals surface area contributed by atoms with Gasteiger partial charge in [-0.2, -0.15) is 0 Å². The monoisotopic (exact) mass is 368 g/mol. The molecule has 0 spiro atoms. The van der Waals surface area contributed by atoms with E-state index in [-0.39, 0.29) is 35.7 Å². The van der Waals surface area contributed by atoms with E-state index < -0.39 is 0 Å². The minimum absolute atomic E-state index is 0. The molecule has 2 nitrogen and oxygen atoms in total. The maximum atomic E-state index is 13.8. The number of halogens is 4. The zero-order valence-electron chi connectivity index (χ0n) is 12.6. The molecule has 1 saturated heterocycles. The van der Waals surface area contributed by atoms with Crippen molar-refractivity contribution in [2.24, 2.45) is 5.92 Å². The van der Waals surface area contributed by atoms with Gasteiger partial charge in [0.05, 0.1) is 5.02 Å². The van der Waals surface area contributed by atoms with Crippen LogP contribution in [0.2, 0.25) is 5.02 Å². The standard InChI is InChI=1S/C16H22ClFN2.2ClH/c17-14-6-5-13(11-15(14)18)16(12-3-1-2-4-12)20-9-7-19-8-10-20;;/h5-6,11-12,16,19H,1-4,7-10H2;2*1H/t16-;;/m0../s1. The fourth-order valence-electron chi connectivity index (χ4n) is 3.71. The molecule has 6 heteroatoms. The fourth-order valence-corrected chi connectivity index (χ4v) is 3.83. The molecule has 1 heterocycles. The van der Waals surface area contributed by atoms with Gasteiger partial charge in [-0.25, -0.2) is 4.39 Å². The molecule has 0 amide bonds. The molecule has 22 heavy (non-hydrogen) atoms. The second-order valence-electron chi connectivity index (χ2n) is 5.95. The summed E-state index contributed by atoms with van der Waals surface area (Å²) in [6.07, 6.45) is 5.14. The predicted molar refractivity (Wildman–Crippen MR) is 95.0 cm³/mol. The quantitative estimate of drug-likeness (QED) is 0.846. The lowest BCUT2D eigenvalue weighted by molar-refractivity contribution is 0.125. The normalized spacial score (nSPS) is 21.0. The lowest BCUT2D eigenvalue weighted by Gasteiger charge is -2.38. The molecule has 0 radical (unpaired) electrons. The maximum absolute atomic E-state index is 13.8. The minimum atomic E-state index is -0.290. The summed E-state index contributed by atoms with van der Waals surface area (Å²) in [6, 6.07) is 5.71. The van der Waals surface area contributed by atoms with Gasteiger partial charge in [0.1, 0.15) is 5.82 Å². The van der Waals surface area contributed by atoms with Crippen LogP contribution in [0.15, 0.2) is 18.2 Å². The summed E-state index contributed by atoms with van der Waals surface area (Å²) >= 11 is 5.83. The number of piperazine rings is 1. The Labute approximate surface area is 149 Å². The highest BCUT2D eigenvalue weighted by Crippen LogP contribution is 2.40. The second-order valence-corrected chi connectivity index (χ2v) is 6.36. The first-order valence-electron chi connectivity index (χ1n) is 7.65. The zero-order chi connectivity index (χ0) is 13.9. The van der Waals surface area contributed by atoms with E-state index >= 15 is 0 Å². The molecule has 1 aliphatic carbocycles. The number of benzene rings is 1. The van der Waals surface area contributed by atoms with Crippen molar-refractivity contribution in [3.05, 3.63) is 34.6 Å². The molecule has 0 unspecified atom stereocenters. The largest absolute Gasteiger partial charge is 0.314 e. The van der Waals surface area contributed by atoms with Gasteiger partial charge in [-0.1, -0.05) is 30.5 Å². The van der Waals surface area contributed by atoms with Crippen molar-refractivity contribution in [3.63, 3.8) is 0 Å². The Bertz CT molecular complexity index is 461. The SMILES string of the molecule is Cl.Cl.Fc1cc([C@H](C2CCCC2)N2CCNCC2)ccc1Cl. The number of hydrogen-bond acceptors (Lipinski definition) is 2. The van der Waals surface area contributed by atoms with Crippen molar-refractivity contribution in [1.29, 1.82) is 0 Å². The first kappa shape index (κ1) is 20.0. The molecule has 1 aromatic carbocycles. The maximum Gasteiger partial charge on any atom is 0.142 e.